The van der Waals surface area contributed by atoms with Crippen LogP contribution in [0.15, 0.2) is 48.5 Å². The second-order valence-corrected chi connectivity index (χ2v) is 9.63. The minimum absolute atomic E-state index is 0.0542. The molecule has 2 aliphatic rings. The normalized spacial score (nSPS) is 20.4. The van der Waals surface area contributed by atoms with E-state index >= 15 is 0 Å². The van der Waals surface area contributed by atoms with Gasteiger partial charge in [-0.2, -0.15) is 0 Å². The molecule has 0 radical (unpaired) electrons. The number of nitrogens with one attached hydrogen (secondary N) is 1. The first-order chi connectivity index (χ1) is 16.3. The number of piperidine rings is 1. The number of ether oxygens (including phenoxy) is 1. The lowest BCUT2D eigenvalue weighted by molar-refractivity contribution is -0.148. The van der Waals surface area contributed by atoms with E-state index < -0.39 is 24.0 Å². The Kier molecular flexibility index (Phi) is 6.91. The molecule has 1 unspecified atom stereocenters. The standard InChI is InChI=1S/C27H32N2O5/c1-16(2)24(25(30)29-13-12-18(26(31)32)14-17(29)3)28-27(33)34-15-23-21-10-6-4-8-19(21)20-9-5-7-11-22(20)23/h4-11,16-18,23-24H,12-15H2,1-3H3,(H,28,33)(H,31,32)/t17-,18-,24?/m1/s1. The molecule has 1 aliphatic heterocycles. The van der Waals surface area contributed by atoms with Gasteiger partial charge < -0.3 is 20.1 Å². The van der Waals surface area contributed by atoms with Crippen molar-refractivity contribution in [2.45, 2.75) is 51.6 Å². The molecule has 7 nitrogen and oxygen atoms in total. The van der Waals surface area contributed by atoms with E-state index in [4.69, 9.17) is 4.74 Å². The molecule has 1 fully saturated rings. The van der Waals surface area contributed by atoms with Gasteiger partial charge in [0.1, 0.15) is 12.6 Å². The van der Waals surface area contributed by atoms with Gasteiger partial charge in [0.15, 0.2) is 0 Å². The molecule has 2 aromatic carbocycles. The number of benzene rings is 2. The second-order valence-electron chi connectivity index (χ2n) is 9.63. The van der Waals surface area contributed by atoms with Gasteiger partial charge in [-0.05, 0) is 47.9 Å². The summed E-state index contributed by atoms with van der Waals surface area (Å²) in [5.41, 5.74) is 4.56. The summed E-state index contributed by atoms with van der Waals surface area (Å²) < 4.78 is 5.63. The number of carbonyl (C=O) groups excluding carboxylic acids is 2. The molecule has 0 aromatic heterocycles. The maximum Gasteiger partial charge on any atom is 0.407 e. The predicted octanol–water partition coefficient (Wildman–Crippen LogP) is 4.26. The Bertz CT molecular complexity index is 1040. The Morgan fingerprint density at radius 1 is 1.06 bits per heavy atom. The average Bonchev–Trinajstić information content (AvgIpc) is 3.14. The monoisotopic (exact) mass is 464 g/mol. The summed E-state index contributed by atoms with van der Waals surface area (Å²) in [5, 5.41) is 12.1. The van der Waals surface area contributed by atoms with E-state index in [0.717, 1.165) is 22.3 Å². The van der Waals surface area contributed by atoms with Crippen molar-refractivity contribution in [2.24, 2.45) is 11.8 Å². The molecule has 4 rings (SSSR count). The van der Waals surface area contributed by atoms with E-state index in [-0.39, 0.29) is 30.4 Å². The van der Waals surface area contributed by atoms with Crippen LogP contribution in [0.1, 0.15) is 50.7 Å². The lowest BCUT2D eigenvalue weighted by Gasteiger charge is -2.39. The number of rotatable bonds is 6. The molecule has 1 heterocycles. The maximum absolute atomic E-state index is 13.3. The van der Waals surface area contributed by atoms with Crippen LogP contribution in [-0.2, 0) is 14.3 Å². The maximum atomic E-state index is 13.3. The summed E-state index contributed by atoms with van der Waals surface area (Å²) in [7, 11) is 0. The van der Waals surface area contributed by atoms with E-state index in [1.165, 1.54) is 0 Å². The van der Waals surface area contributed by atoms with Crippen LogP contribution in [0.4, 0.5) is 4.79 Å². The molecule has 7 heteroatoms. The van der Waals surface area contributed by atoms with Crippen molar-refractivity contribution in [1.29, 1.82) is 0 Å². The van der Waals surface area contributed by atoms with Crippen molar-refractivity contribution in [3.05, 3.63) is 59.7 Å². The molecular weight excluding hydrogens is 432 g/mol. The lowest BCUT2D eigenvalue weighted by atomic mass is 9.90. The number of nitrogens with zero attached hydrogens (tertiary/aromatic N) is 1. The SMILES string of the molecule is CC(C)C(NC(=O)OCC1c2ccccc2-c2ccccc21)C(=O)N1CC[C@@H](C(=O)O)C[C@H]1C. The number of carboxylic acid groups (broad SMARTS) is 1. The van der Waals surface area contributed by atoms with Crippen molar-refractivity contribution in [1.82, 2.24) is 10.2 Å². The van der Waals surface area contributed by atoms with Gasteiger partial charge in [0, 0.05) is 18.5 Å². The lowest BCUT2D eigenvalue weighted by Crippen LogP contribution is -2.56. The van der Waals surface area contributed by atoms with Crippen LogP contribution >= 0.6 is 0 Å². The minimum Gasteiger partial charge on any atom is -0.481 e. The number of amides is 2. The Labute approximate surface area is 200 Å². The predicted molar refractivity (Wildman–Crippen MR) is 128 cm³/mol. The molecule has 2 aromatic rings. The number of likely N-dealkylation sites (tertiary alicyclic amines) is 1. The molecule has 2 amide bonds. The number of fused-ring (bicyclic) bond motifs is 3. The van der Waals surface area contributed by atoms with Crippen molar-refractivity contribution >= 4 is 18.0 Å². The Balaban J connectivity index is 1.41. The van der Waals surface area contributed by atoms with Crippen molar-refractivity contribution in [3.63, 3.8) is 0 Å². The molecule has 1 saturated heterocycles. The molecule has 180 valence electrons. The minimum atomic E-state index is -0.823. The third-order valence-corrected chi connectivity index (χ3v) is 7.06. The van der Waals surface area contributed by atoms with Crippen molar-refractivity contribution < 1.29 is 24.2 Å². The van der Waals surface area contributed by atoms with E-state index in [0.29, 0.717) is 19.4 Å². The van der Waals surface area contributed by atoms with Gasteiger partial charge in [0.2, 0.25) is 5.91 Å². The number of aliphatic carboxylic acids is 1. The third kappa shape index (κ3) is 4.65. The fraction of sp³-hybridized carbons (Fsp3) is 0.444. The molecule has 34 heavy (non-hydrogen) atoms. The molecule has 3 atom stereocenters. The average molecular weight is 465 g/mol. The van der Waals surface area contributed by atoms with Gasteiger partial charge in [-0.1, -0.05) is 62.4 Å². The van der Waals surface area contributed by atoms with Crippen molar-refractivity contribution in [2.75, 3.05) is 13.2 Å². The number of hydrogen-bond acceptors (Lipinski definition) is 4. The molecule has 1 aliphatic carbocycles. The number of hydrogen-bond donors (Lipinski definition) is 2. The van der Waals surface area contributed by atoms with E-state index in [9.17, 15) is 19.5 Å². The fourth-order valence-electron chi connectivity index (χ4n) is 5.18. The van der Waals surface area contributed by atoms with Crippen LogP contribution in [0.2, 0.25) is 0 Å². The Hall–Kier alpha value is -3.35. The summed E-state index contributed by atoms with van der Waals surface area (Å²) in [6.45, 7) is 6.16. The summed E-state index contributed by atoms with van der Waals surface area (Å²) in [5.74, 6) is -1.65. The summed E-state index contributed by atoms with van der Waals surface area (Å²) in [6, 6.07) is 15.3. The fourth-order valence-corrected chi connectivity index (χ4v) is 5.18. The van der Waals surface area contributed by atoms with Crippen LogP contribution in [0.3, 0.4) is 0 Å². The first-order valence-corrected chi connectivity index (χ1v) is 11.9. The highest BCUT2D eigenvalue weighted by Gasteiger charge is 2.37. The van der Waals surface area contributed by atoms with Gasteiger partial charge >= 0.3 is 12.1 Å². The van der Waals surface area contributed by atoms with Crippen molar-refractivity contribution in [3.8, 4) is 11.1 Å². The first-order valence-electron chi connectivity index (χ1n) is 11.9. The van der Waals surface area contributed by atoms with E-state index in [1.54, 1.807) is 4.90 Å². The highest BCUT2D eigenvalue weighted by Crippen LogP contribution is 2.44. The van der Waals surface area contributed by atoms with Crippen LogP contribution in [0.5, 0.6) is 0 Å². The van der Waals surface area contributed by atoms with Gasteiger partial charge in [-0.3, -0.25) is 9.59 Å². The van der Waals surface area contributed by atoms with Crippen LogP contribution in [-0.4, -0.2) is 53.2 Å². The zero-order valence-electron chi connectivity index (χ0n) is 19.9. The topological polar surface area (TPSA) is 95.9 Å². The van der Waals surface area contributed by atoms with Crippen LogP contribution < -0.4 is 5.32 Å². The molecule has 2 N–H and O–H groups in total. The zero-order chi connectivity index (χ0) is 24.4. The molecule has 0 saturated carbocycles. The van der Waals surface area contributed by atoms with E-state index in [2.05, 4.69) is 29.6 Å². The summed E-state index contributed by atoms with van der Waals surface area (Å²) in [6.07, 6.45) is 0.208. The highest BCUT2D eigenvalue weighted by atomic mass is 16.5. The van der Waals surface area contributed by atoms with Gasteiger partial charge in [0.25, 0.3) is 0 Å². The van der Waals surface area contributed by atoms with E-state index in [1.807, 2.05) is 45.0 Å². The quantitative estimate of drug-likeness (QED) is 0.666. The molecular formula is C27H32N2O5. The molecule has 0 spiro atoms. The van der Waals surface area contributed by atoms with Crippen LogP contribution in [0.25, 0.3) is 11.1 Å². The van der Waals surface area contributed by atoms with Gasteiger partial charge in [-0.15, -0.1) is 0 Å². The zero-order valence-corrected chi connectivity index (χ0v) is 19.9. The smallest absolute Gasteiger partial charge is 0.407 e. The largest absolute Gasteiger partial charge is 0.481 e. The van der Waals surface area contributed by atoms with Gasteiger partial charge in [0.05, 0.1) is 5.92 Å². The van der Waals surface area contributed by atoms with Crippen LogP contribution in [0, 0.1) is 11.8 Å². The summed E-state index contributed by atoms with van der Waals surface area (Å²) >= 11 is 0. The van der Waals surface area contributed by atoms with Gasteiger partial charge in [-0.25, -0.2) is 4.79 Å². The third-order valence-electron chi connectivity index (χ3n) is 7.06. The second kappa shape index (κ2) is 9.87. The highest BCUT2D eigenvalue weighted by molar-refractivity contribution is 5.86. The first kappa shape index (κ1) is 23.8. The summed E-state index contributed by atoms with van der Waals surface area (Å²) in [4.78, 5) is 39.0. The Morgan fingerprint density at radius 2 is 1.65 bits per heavy atom. The number of carboxylic acids is 1. The molecule has 0 bridgehead atoms. The number of alkyl carbamates (subject to hydrolysis) is 1. The number of carbonyl (C=O) groups is 3. The Morgan fingerprint density at radius 3 is 2.18 bits per heavy atom.